The Kier molecular flexibility index (Phi) is 8.72. The van der Waals surface area contributed by atoms with E-state index in [0.717, 1.165) is 70.9 Å². The van der Waals surface area contributed by atoms with Crippen molar-refractivity contribution in [1.29, 1.82) is 0 Å². The summed E-state index contributed by atoms with van der Waals surface area (Å²) in [6, 6.07) is 0. The SMILES string of the molecule is CCNC(=NCC(C)(C)NS(C)(=O)=O)N1CCN(CC(=O)N2CCCCC2)CC1. The minimum atomic E-state index is -3.29. The monoisotopic (exact) mass is 430 g/mol. The van der Waals surface area contributed by atoms with Gasteiger partial charge in [0, 0.05) is 51.4 Å². The molecule has 2 N–H and O–H groups in total. The predicted octanol–water partition coefficient (Wildman–Crippen LogP) is -0.0902. The zero-order chi connectivity index (χ0) is 21.5. The van der Waals surface area contributed by atoms with Gasteiger partial charge in [-0.05, 0) is 40.0 Å². The molecule has 29 heavy (non-hydrogen) atoms. The molecule has 0 bridgehead atoms. The molecule has 0 unspecified atom stereocenters. The van der Waals surface area contributed by atoms with Gasteiger partial charge in [0.15, 0.2) is 5.96 Å². The van der Waals surface area contributed by atoms with Crippen LogP contribution in [0.1, 0.15) is 40.0 Å². The van der Waals surface area contributed by atoms with Gasteiger partial charge in [-0.15, -0.1) is 0 Å². The molecular formula is C19H38N6O3S. The van der Waals surface area contributed by atoms with Gasteiger partial charge in [-0.3, -0.25) is 14.7 Å². The second-order valence-corrected chi connectivity index (χ2v) is 10.4. The van der Waals surface area contributed by atoms with Crippen LogP contribution in [0.5, 0.6) is 0 Å². The van der Waals surface area contributed by atoms with E-state index in [1.54, 1.807) is 0 Å². The Morgan fingerprint density at radius 3 is 2.17 bits per heavy atom. The van der Waals surface area contributed by atoms with E-state index in [0.29, 0.717) is 13.1 Å². The lowest BCUT2D eigenvalue weighted by molar-refractivity contribution is -0.133. The van der Waals surface area contributed by atoms with Crippen molar-refractivity contribution in [3.8, 4) is 0 Å². The first-order valence-electron chi connectivity index (χ1n) is 10.6. The van der Waals surface area contributed by atoms with Crippen molar-refractivity contribution in [2.75, 3.05) is 65.2 Å². The highest BCUT2D eigenvalue weighted by Gasteiger charge is 2.26. The average Bonchev–Trinajstić information content (AvgIpc) is 2.64. The highest BCUT2D eigenvalue weighted by molar-refractivity contribution is 7.88. The topological polar surface area (TPSA) is 97.3 Å². The van der Waals surface area contributed by atoms with Crippen molar-refractivity contribution in [2.45, 2.75) is 45.6 Å². The molecule has 2 rings (SSSR count). The Morgan fingerprint density at radius 1 is 1.00 bits per heavy atom. The molecule has 168 valence electrons. The molecule has 2 saturated heterocycles. The molecule has 0 aromatic carbocycles. The second kappa shape index (κ2) is 10.6. The molecule has 0 aromatic rings. The van der Waals surface area contributed by atoms with Crippen LogP contribution < -0.4 is 10.0 Å². The molecule has 1 amide bonds. The first-order chi connectivity index (χ1) is 13.6. The molecule has 2 fully saturated rings. The summed E-state index contributed by atoms with van der Waals surface area (Å²) in [5.41, 5.74) is -0.656. The van der Waals surface area contributed by atoms with Crippen molar-refractivity contribution in [1.82, 2.24) is 24.7 Å². The summed E-state index contributed by atoms with van der Waals surface area (Å²) in [7, 11) is -3.29. The van der Waals surface area contributed by atoms with Crippen LogP contribution in [0.4, 0.5) is 0 Å². The van der Waals surface area contributed by atoms with Crippen LogP contribution in [0.3, 0.4) is 0 Å². The Hall–Kier alpha value is -1.39. The summed E-state index contributed by atoms with van der Waals surface area (Å²) in [4.78, 5) is 23.5. The van der Waals surface area contributed by atoms with Gasteiger partial charge in [-0.25, -0.2) is 13.1 Å². The van der Waals surface area contributed by atoms with Gasteiger partial charge in [0.2, 0.25) is 15.9 Å². The third-order valence-corrected chi connectivity index (χ3v) is 6.08. The summed E-state index contributed by atoms with van der Waals surface area (Å²) < 4.78 is 25.7. The Bertz CT molecular complexity index is 665. The number of carbonyl (C=O) groups excluding carboxylic acids is 1. The molecule has 0 aromatic heterocycles. The molecule has 0 saturated carbocycles. The highest BCUT2D eigenvalue weighted by Crippen LogP contribution is 2.11. The average molecular weight is 431 g/mol. The normalized spacial score (nSPS) is 20.1. The third kappa shape index (κ3) is 8.47. The van der Waals surface area contributed by atoms with Gasteiger partial charge in [0.25, 0.3) is 0 Å². The summed E-state index contributed by atoms with van der Waals surface area (Å²) in [6.45, 7) is 12.2. The molecule has 0 aliphatic carbocycles. The van der Waals surface area contributed by atoms with Crippen LogP contribution in [0.25, 0.3) is 0 Å². The zero-order valence-electron chi connectivity index (χ0n) is 18.4. The van der Waals surface area contributed by atoms with Crippen LogP contribution in [0, 0.1) is 0 Å². The van der Waals surface area contributed by atoms with Crippen molar-refractivity contribution < 1.29 is 13.2 Å². The number of nitrogens with one attached hydrogen (secondary N) is 2. The zero-order valence-corrected chi connectivity index (χ0v) is 19.2. The minimum Gasteiger partial charge on any atom is -0.357 e. The van der Waals surface area contributed by atoms with E-state index in [1.165, 1.54) is 6.42 Å². The van der Waals surface area contributed by atoms with Gasteiger partial charge in [-0.2, -0.15) is 0 Å². The van der Waals surface area contributed by atoms with E-state index in [-0.39, 0.29) is 5.91 Å². The molecule has 2 heterocycles. The molecule has 0 spiro atoms. The first kappa shape index (κ1) is 23.9. The molecule has 9 nitrogen and oxygen atoms in total. The van der Waals surface area contributed by atoms with Crippen molar-refractivity contribution in [3.05, 3.63) is 0 Å². The lowest BCUT2D eigenvalue weighted by atomic mass is 10.1. The lowest BCUT2D eigenvalue weighted by Gasteiger charge is -2.37. The van der Waals surface area contributed by atoms with Crippen molar-refractivity contribution in [2.24, 2.45) is 4.99 Å². The summed E-state index contributed by atoms with van der Waals surface area (Å²) in [5.74, 6) is 1.03. The van der Waals surface area contributed by atoms with Crippen LogP contribution >= 0.6 is 0 Å². The molecular weight excluding hydrogens is 392 g/mol. The molecule has 10 heteroatoms. The standard InChI is InChI=1S/C19H38N6O3S/c1-5-20-18(21-16-19(2,3)22-29(4,27)28)25-13-11-23(12-14-25)15-17(26)24-9-7-6-8-10-24/h22H,5-16H2,1-4H3,(H,20,21). The van der Waals surface area contributed by atoms with Crippen LogP contribution in [0.2, 0.25) is 0 Å². The molecule has 2 aliphatic heterocycles. The van der Waals surface area contributed by atoms with Gasteiger partial charge in [-0.1, -0.05) is 0 Å². The van der Waals surface area contributed by atoms with Crippen LogP contribution in [0.15, 0.2) is 4.99 Å². The fourth-order valence-electron chi connectivity index (χ4n) is 3.78. The number of hydrogen-bond donors (Lipinski definition) is 2. The smallest absolute Gasteiger partial charge is 0.236 e. The number of nitrogens with zero attached hydrogens (tertiary/aromatic N) is 4. The number of guanidine groups is 1. The highest BCUT2D eigenvalue weighted by atomic mass is 32.2. The van der Waals surface area contributed by atoms with Crippen LogP contribution in [-0.4, -0.2) is 106 Å². The number of likely N-dealkylation sites (tertiary alicyclic amines) is 1. The third-order valence-electron chi connectivity index (χ3n) is 5.16. The van der Waals surface area contributed by atoms with Crippen molar-refractivity contribution in [3.63, 3.8) is 0 Å². The van der Waals surface area contributed by atoms with Gasteiger partial charge in [0.05, 0.1) is 19.3 Å². The Balaban J connectivity index is 1.87. The number of aliphatic imine (C=N–C) groups is 1. The van der Waals surface area contributed by atoms with E-state index >= 15 is 0 Å². The lowest BCUT2D eigenvalue weighted by Crippen LogP contribution is -2.55. The molecule has 2 aliphatic rings. The Morgan fingerprint density at radius 2 is 1.62 bits per heavy atom. The van der Waals surface area contributed by atoms with Crippen LogP contribution in [-0.2, 0) is 14.8 Å². The molecule has 0 radical (unpaired) electrons. The summed E-state index contributed by atoms with van der Waals surface area (Å²) in [6.07, 6.45) is 4.62. The summed E-state index contributed by atoms with van der Waals surface area (Å²) >= 11 is 0. The maximum atomic E-state index is 12.5. The van der Waals surface area contributed by atoms with Gasteiger partial charge < -0.3 is 15.1 Å². The largest absolute Gasteiger partial charge is 0.357 e. The second-order valence-electron chi connectivity index (χ2n) is 8.63. The number of sulfonamides is 1. The maximum Gasteiger partial charge on any atom is 0.236 e. The van der Waals surface area contributed by atoms with Gasteiger partial charge in [0.1, 0.15) is 0 Å². The summed E-state index contributed by atoms with van der Waals surface area (Å²) in [5, 5.41) is 3.30. The van der Waals surface area contributed by atoms with E-state index in [1.807, 2.05) is 25.7 Å². The number of piperazine rings is 1. The van der Waals surface area contributed by atoms with E-state index in [2.05, 4.69) is 24.8 Å². The molecule has 0 atom stereocenters. The predicted molar refractivity (Wildman–Crippen MR) is 116 cm³/mol. The number of rotatable bonds is 7. The van der Waals surface area contributed by atoms with Gasteiger partial charge >= 0.3 is 0 Å². The Labute approximate surface area is 175 Å². The fraction of sp³-hybridized carbons (Fsp3) is 0.895. The quantitative estimate of drug-likeness (QED) is 0.433. The van der Waals surface area contributed by atoms with E-state index in [4.69, 9.17) is 0 Å². The minimum absolute atomic E-state index is 0.243. The number of carbonyl (C=O) groups is 1. The fourth-order valence-corrected chi connectivity index (χ4v) is 4.85. The van der Waals surface area contributed by atoms with E-state index in [9.17, 15) is 13.2 Å². The number of hydrogen-bond acceptors (Lipinski definition) is 5. The maximum absolute atomic E-state index is 12.5. The first-order valence-corrected chi connectivity index (χ1v) is 12.5. The van der Waals surface area contributed by atoms with E-state index < -0.39 is 15.6 Å². The number of amides is 1. The van der Waals surface area contributed by atoms with Crippen molar-refractivity contribution >= 4 is 21.9 Å². The number of piperidine rings is 1.